The molecule has 2 N–H and O–H groups in total. The lowest BCUT2D eigenvalue weighted by Crippen LogP contribution is -2.68. The standard InChI is InChI=1S/C10H2F12O7/c11-5(9(17,18)19,7(13,14)1(23)24)3(27)29-4(28)6(12,10(20,21)22)8(15,16)2(25)26/h(H,23,24)(H,25,26). The maximum atomic E-state index is 13.6. The molecule has 7 nitrogen and oxygen atoms in total. The molecule has 0 radical (unpaired) electrons. The fourth-order valence-electron chi connectivity index (χ4n) is 1.36. The number of halogens is 12. The normalized spacial score (nSPS) is 17.7. The minimum atomic E-state index is -7.38. The molecule has 0 saturated heterocycles. The average molecular weight is 462 g/mol. The molecule has 0 aromatic rings. The number of ether oxygens (including phenoxy) is 1. The first-order valence-electron chi connectivity index (χ1n) is 5.94. The van der Waals surface area contributed by atoms with Crippen LogP contribution in [0.5, 0.6) is 0 Å². The molecule has 0 bridgehead atoms. The molecule has 168 valence electrons. The molecule has 0 amide bonds. The Morgan fingerprint density at radius 3 is 0.862 bits per heavy atom. The van der Waals surface area contributed by atoms with E-state index in [-0.39, 0.29) is 0 Å². The fraction of sp³-hybridized carbons (Fsp3) is 0.600. The SMILES string of the molecule is O=C(O)C(F)(F)C(F)(C(=O)OC(=O)C(F)(C(F)(F)F)C(F)(F)C(=O)O)C(F)(F)F. The molecule has 0 aromatic heterocycles. The number of carbonyl (C=O) groups is 4. The first-order chi connectivity index (χ1) is 12.4. The van der Waals surface area contributed by atoms with E-state index in [1.807, 2.05) is 0 Å². The topological polar surface area (TPSA) is 118 Å². The monoisotopic (exact) mass is 462 g/mol. The van der Waals surface area contributed by atoms with Gasteiger partial charge in [-0.1, -0.05) is 0 Å². The number of carboxylic acid groups (broad SMARTS) is 2. The number of carbonyl (C=O) groups excluding carboxylic acids is 2. The van der Waals surface area contributed by atoms with Crippen LogP contribution in [0, 0.1) is 0 Å². The van der Waals surface area contributed by atoms with Gasteiger partial charge < -0.3 is 14.9 Å². The van der Waals surface area contributed by atoms with Crippen molar-refractivity contribution >= 4 is 23.9 Å². The van der Waals surface area contributed by atoms with E-state index < -0.39 is 59.4 Å². The Bertz CT molecular complexity index is 666. The molecule has 0 aromatic carbocycles. The highest BCUT2D eigenvalue weighted by Crippen LogP contribution is 2.49. The van der Waals surface area contributed by atoms with Gasteiger partial charge in [0.05, 0.1) is 0 Å². The third-order valence-corrected chi connectivity index (χ3v) is 2.93. The molecule has 0 heterocycles. The fourth-order valence-corrected chi connectivity index (χ4v) is 1.36. The summed E-state index contributed by atoms with van der Waals surface area (Å²) in [5.41, 5.74) is -14.4. The zero-order chi connectivity index (χ0) is 24.0. The van der Waals surface area contributed by atoms with Crippen molar-refractivity contribution in [3.05, 3.63) is 0 Å². The second-order valence-electron chi connectivity index (χ2n) is 4.75. The number of hydrogen-bond acceptors (Lipinski definition) is 5. The summed E-state index contributed by atoms with van der Waals surface area (Å²) in [6.07, 6.45) is -14.8. The van der Waals surface area contributed by atoms with Crippen molar-refractivity contribution in [3.8, 4) is 0 Å². The van der Waals surface area contributed by atoms with Crippen molar-refractivity contribution in [1.29, 1.82) is 0 Å². The van der Waals surface area contributed by atoms with Crippen LogP contribution in [0.3, 0.4) is 0 Å². The highest BCUT2D eigenvalue weighted by Gasteiger charge is 2.84. The summed E-state index contributed by atoms with van der Waals surface area (Å²) in [6.45, 7) is 0. The smallest absolute Gasteiger partial charge is 0.440 e. The van der Waals surface area contributed by atoms with E-state index in [0.717, 1.165) is 0 Å². The van der Waals surface area contributed by atoms with Gasteiger partial charge in [-0.2, -0.15) is 43.9 Å². The summed E-state index contributed by atoms with van der Waals surface area (Å²) >= 11 is 0. The summed E-state index contributed by atoms with van der Waals surface area (Å²) < 4.78 is 156. The summed E-state index contributed by atoms with van der Waals surface area (Å²) in [5.74, 6) is -31.3. The first-order valence-corrected chi connectivity index (χ1v) is 5.94. The van der Waals surface area contributed by atoms with Crippen molar-refractivity contribution in [2.75, 3.05) is 0 Å². The van der Waals surface area contributed by atoms with Crippen LogP contribution in [0.25, 0.3) is 0 Å². The predicted molar refractivity (Wildman–Crippen MR) is 56.1 cm³/mol. The van der Waals surface area contributed by atoms with E-state index in [4.69, 9.17) is 10.2 Å². The average Bonchev–Trinajstić information content (AvgIpc) is 2.49. The predicted octanol–water partition coefficient (Wildman–Crippen LogP) is 2.04. The molecule has 19 heteroatoms. The lowest BCUT2D eigenvalue weighted by atomic mass is 9.95. The number of alkyl halides is 12. The van der Waals surface area contributed by atoms with Gasteiger partial charge in [-0.25, -0.2) is 28.0 Å². The van der Waals surface area contributed by atoms with Crippen molar-refractivity contribution in [2.45, 2.75) is 35.5 Å². The zero-order valence-corrected chi connectivity index (χ0v) is 12.5. The summed E-state index contributed by atoms with van der Waals surface area (Å²) in [4.78, 5) is 42.0. The van der Waals surface area contributed by atoms with Gasteiger partial charge in [0.15, 0.2) is 0 Å². The van der Waals surface area contributed by atoms with E-state index in [1.165, 1.54) is 0 Å². The largest absolute Gasteiger partial charge is 0.477 e. The minimum absolute atomic E-state index is 2.15. The lowest BCUT2D eigenvalue weighted by molar-refractivity contribution is -0.304. The maximum absolute atomic E-state index is 13.6. The number of carboxylic acids is 2. The number of hydrogen-bond donors (Lipinski definition) is 2. The molecule has 29 heavy (non-hydrogen) atoms. The Labute approximate surface area is 147 Å². The zero-order valence-electron chi connectivity index (χ0n) is 12.5. The Kier molecular flexibility index (Phi) is 6.28. The van der Waals surface area contributed by atoms with Crippen molar-refractivity contribution in [3.63, 3.8) is 0 Å². The van der Waals surface area contributed by atoms with Gasteiger partial charge in [0.25, 0.3) is 0 Å². The summed E-state index contributed by atoms with van der Waals surface area (Å²) in [7, 11) is 0. The third kappa shape index (κ3) is 3.63. The Morgan fingerprint density at radius 1 is 0.517 bits per heavy atom. The van der Waals surface area contributed by atoms with Crippen LogP contribution < -0.4 is 0 Å². The lowest BCUT2D eigenvalue weighted by Gasteiger charge is -2.32. The first kappa shape index (κ1) is 26.2. The van der Waals surface area contributed by atoms with Gasteiger partial charge >= 0.3 is 59.4 Å². The molecule has 0 aliphatic rings. The molecular formula is C10H2F12O7. The van der Waals surface area contributed by atoms with E-state index in [1.54, 1.807) is 0 Å². The summed E-state index contributed by atoms with van der Waals surface area (Å²) in [6, 6.07) is 0. The van der Waals surface area contributed by atoms with Crippen molar-refractivity contribution in [2.24, 2.45) is 0 Å². The minimum Gasteiger partial charge on any atom is -0.477 e. The van der Waals surface area contributed by atoms with E-state index in [0.29, 0.717) is 0 Å². The third-order valence-electron chi connectivity index (χ3n) is 2.93. The van der Waals surface area contributed by atoms with Crippen LogP contribution in [0.15, 0.2) is 0 Å². The second kappa shape index (κ2) is 6.94. The Balaban J connectivity index is 6.55. The molecule has 0 fully saturated rings. The number of rotatable bonds is 6. The van der Waals surface area contributed by atoms with Crippen LogP contribution in [0.4, 0.5) is 52.7 Å². The Hall–Kier alpha value is -2.76. The van der Waals surface area contributed by atoms with Gasteiger partial charge in [0, 0.05) is 0 Å². The highest BCUT2D eigenvalue weighted by molar-refractivity contribution is 6.01. The van der Waals surface area contributed by atoms with E-state index >= 15 is 0 Å². The summed E-state index contributed by atoms with van der Waals surface area (Å²) in [5, 5.41) is 15.8. The molecule has 0 rings (SSSR count). The van der Waals surface area contributed by atoms with Crippen LogP contribution in [0.2, 0.25) is 0 Å². The molecule has 0 saturated carbocycles. The maximum Gasteiger partial charge on any atom is 0.440 e. The Morgan fingerprint density at radius 2 is 0.724 bits per heavy atom. The molecule has 2 unspecified atom stereocenters. The van der Waals surface area contributed by atoms with Crippen LogP contribution >= 0.6 is 0 Å². The van der Waals surface area contributed by atoms with E-state index in [2.05, 4.69) is 4.74 Å². The molecule has 0 spiro atoms. The van der Waals surface area contributed by atoms with Gasteiger partial charge in [-0.3, -0.25) is 0 Å². The molecular weight excluding hydrogens is 460 g/mol. The highest BCUT2D eigenvalue weighted by atomic mass is 19.4. The van der Waals surface area contributed by atoms with Crippen molar-refractivity contribution in [1.82, 2.24) is 0 Å². The van der Waals surface area contributed by atoms with Gasteiger partial charge in [-0.05, 0) is 0 Å². The second-order valence-corrected chi connectivity index (χ2v) is 4.75. The number of aliphatic carboxylic acids is 2. The van der Waals surface area contributed by atoms with Gasteiger partial charge in [0.2, 0.25) is 0 Å². The molecule has 2 atom stereocenters. The van der Waals surface area contributed by atoms with E-state index in [9.17, 15) is 71.9 Å². The van der Waals surface area contributed by atoms with Crippen LogP contribution in [-0.4, -0.2) is 69.6 Å². The van der Waals surface area contributed by atoms with Gasteiger partial charge in [-0.15, -0.1) is 0 Å². The number of esters is 2. The van der Waals surface area contributed by atoms with Crippen molar-refractivity contribution < 1.29 is 86.8 Å². The molecule has 0 aliphatic heterocycles. The quantitative estimate of drug-likeness (QED) is 0.353. The van der Waals surface area contributed by atoms with Gasteiger partial charge in [0.1, 0.15) is 0 Å². The van der Waals surface area contributed by atoms with Crippen LogP contribution in [0.1, 0.15) is 0 Å². The van der Waals surface area contributed by atoms with Crippen LogP contribution in [-0.2, 0) is 23.9 Å². The molecule has 0 aliphatic carbocycles.